The number of carbonyl (C=O) groups is 1. The van der Waals surface area contributed by atoms with E-state index in [1.807, 2.05) is 12.1 Å². The van der Waals surface area contributed by atoms with E-state index in [4.69, 9.17) is 15.3 Å². The Morgan fingerprint density at radius 1 is 1.15 bits per heavy atom. The Hall–Kier alpha value is -5.15. The predicted molar refractivity (Wildman–Crippen MR) is 121 cm³/mol. The maximum atomic E-state index is 12.9. The van der Waals surface area contributed by atoms with E-state index in [1.165, 1.54) is 12.1 Å². The Bertz CT molecular complexity index is 1410. The molecule has 0 bridgehead atoms. The largest absolute Gasteiger partial charge is 0.454 e. The van der Waals surface area contributed by atoms with Gasteiger partial charge in [0, 0.05) is 23.9 Å². The molecule has 1 aliphatic heterocycles. The molecule has 0 fully saturated rings. The number of aryl methyl sites for hydroxylation is 1. The number of carbonyl (C=O) groups excluding carboxylic acids is 1. The number of nitriles is 2. The maximum absolute atomic E-state index is 12.9. The molecule has 0 aromatic heterocycles. The minimum atomic E-state index is -0.590. The highest BCUT2D eigenvalue weighted by Gasteiger charge is 2.28. The molecule has 9 nitrogen and oxygen atoms in total. The SMILES string of the molecule is Cc1cc(/C=C/C#N)cc2c1Oc1cc(Nc3ccc(C#N)cc3)c([N+](=O)[O-])cc1C(=O)N2. The van der Waals surface area contributed by atoms with Gasteiger partial charge in [-0.25, -0.2) is 0 Å². The third kappa shape index (κ3) is 4.20. The number of allylic oxidation sites excluding steroid dienone is 1. The molecule has 0 saturated heterocycles. The van der Waals surface area contributed by atoms with Crippen molar-refractivity contribution in [3.05, 3.63) is 87.0 Å². The smallest absolute Gasteiger partial charge is 0.293 e. The topological polar surface area (TPSA) is 141 Å². The molecule has 33 heavy (non-hydrogen) atoms. The van der Waals surface area contributed by atoms with Crippen molar-refractivity contribution in [2.75, 3.05) is 10.6 Å². The van der Waals surface area contributed by atoms with Crippen LogP contribution in [0.3, 0.4) is 0 Å². The molecule has 0 radical (unpaired) electrons. The predicted octanol–water partition coefficient (Wildman–Crippen LogP) is 5.41. The van der Waals surface area contributed by atoms with Crippen molar-refractivity contribution in [1.29, 1.82) is 10.5 Å². The van der Waals surface area contributed by atoms with Crippen LogP contribution in [0.4, 0.5) is 22.7 Å². The van der Waals surface area contributed by atoms with Gasteiger partial charge in [-0.1, -0.05) is 0 Å². The standard InChI is InChI=1S/C24H15N5O4/c1-14-9-16(3-2-8-25)10-20-23(14)33-22-12-19(27-17-6-4-15(13-26)5-7-17)21(29(31)32)11-18(22)24(30)28-20/h2-7,9-12,27H,1H3,(H,28,30)/b3-2+. The number of anilines is 3. The van der Waals surface area contributed by atoms with Gasteiger partial charge >= 0.3 is 0 Å². The Morgan fingerprint density at radius 3 is 2.58 bits per heavy atom. The Kier molecular flexibility index (Phi) is 5.46. The van der Waals surface area contributed by atoms with Crippen LogP contribution in [-0.2, 0) is 0 Å². The molecule has 0 atom stereocenters. The molecule has 3 aromatic carbocycles. The van der Waals surface area contributed by atoms with Crippen LogP contribution >= 0.6 is 0 Å². The number of nitrogens with one attached hydrogen (secondary N) is 2. The minimum Gasteiger partial charge on any atom is -0.454 e. The number of ether oxygens (including phenoxy) is 1. The average Bonchev–Trinajstić information content (AvgIpc) is 2.93. The summed E-state index contributed by atoms with van der Waals surface area (Å²) < 4.78 is 6.03. The van der Waals surface area contributed by atoms with Gasteiger partial charge in [-0.05, 0) is 60.5 Å². The van der Waals surface area contributed by atoms with E-state index in [2.05, 4.69) is 10.6 Å². The number of benzene rings is 3. The molecular weight excluding hydrogens is 422 g/mol. The van der Waals surface area contributed by atoms with Gasteiger partial charge in [0.2, 0.25) is 0 Å². The summed E-state index contributed by atoms with van der Waals surface area (Å²) in [6.07, 6.45) is 2.92. The number of rotatable bonds is 4. The summed E-state index contributed by atoms with van der Waals surface area (Å²) >= 11 is 0. The van der Waals surface area contributed by atoms with Crippen molar-refractivity contribution in [3.63, 3.8) is 0 Å². The van der Waals surface area contributed by atoms with Crippen molar-refractivity contribution in [2.45, 2.75) is 6.92 Å². The third-order valence-electron chi connectivity index (χ3n) is 4.94. The number of hydrogen-bond acceptors (Lipinski definition) is 7. The summed E-state index contributed by atoms with van der Waals surface area (Å²) in [5.74, 6) is -0.0108. The van der Waals surface area contributed by atoms with Crippen molar-refractivity contribution >= 4 is 34.7 Å². The fourth-order valence-electron chi connectivity index (χ4n) is 3.42. The Morgan fingerprint density at radius 2 is 1.91 bits per heavy atom. The second kappa shape index (κ2) is 8.53. The summed E-state index contributed by atoms with van der Waals surface area (Å²) in [4.78, 5) is 24.0. The molecule has 1 aliphatic rings. The van der Waals surface area contributed by atoms with Crippen LogP contribution < -0.4 is 15.4 Å². The zero-order chi connectivity index (χ0) is 23.5. The quantitative estimate of drug-likeness (QED) is 0.315. The lowest BCUT2D eigenvalue weighted by molar-refractivity contribution is -0.383. The number of amides is 1. The first kappa shape index (κ1) is 21.1. The highest BCUT2D eigenvalue weighted by atomic mass is 16.6. The molecule has 0 unspecified atom stereocenters. The number of nitrogens with zero attached hydrogens (tertiary/aromatic N) is 3. The average molecular weight is 437 g/mol. The van der Waals surface area contributed by atoms with Gasteiger partial charge in [0.15, 0.2) is 5.75 Å². The van der Waals surface area contributed by atoms with Crippen LogP contribution in [0.5, 0.6) is 11.5 Å². The fourth-order valence-corrected chi connectivity index (χ4v) is 3.42. The second-order valence-electron chi connectivity index (χ2n) is 7.17. The van der Waals surface area contributed by atoms with Gasteiger partial charge in [-0.3, -0.25) is 14.9 Å². The molecular formula is C24H15N5O4. The summed E-state index contributed by atoms with van der Waals surface area (Å²) in [6, 6.07) is 16.4. The van der Waals surface area contributed by atoms with E-state index in [0.717, 1.165) is 6.07 Å². The molecule has 4 rings (SSSR count). The molecule has 0 spiro atoms. The first-order valence-electron chi connectivity index (χ1n) is 9.69. The third-order valence-corrected chi connectivity index (χ3v) is 4.94. The van der Waals surface area contributed by atoms with Crippen LogP contribution in [0.15, 0.2) is 54.6 Å². The van der Waals surface area contributed by atoms with Gasteiger partial charge in [-0.2, -0.15) is 10.5 Å². The number of fused-ring (bicyclic) bond motifs is 2. The van der Waals surface area contributed by atoms with Crippen LogP contribution in [0.25, 0.3) is 6.08 Å². The number of nitro benzene ring substituents is 1. The molecule has 1 heterocycles. The molecule has 9 heteroatoms. The van der Waals surface area contributed by atoms with E-state index < -0.39 is 10.8 Å². The summed E-state index contributed by atoms with van der Waals surface area (Å²) in [5.41, 5.74) is 2.60. The number of nitro groups is 1. The van der Waals surface area contributed by atoms with E-state index in [1.54, 1.807) is 49.4 Å². The van der Waals surface area contributed by atoms with E-state index in [0.29, 0.717) is 33.8 Å². The van der Waals surface area contributed by atoms with Gasteiger partial charge in [0.25, 0.3) is 11.6 Å². The maximum Gasteiger partial charge on any atom is 0.293 e. The summed E-state index contributed by atoms with van der Waals surface area (Å²) in [5, 5.41) is 35.1. The zero-order valence-corrected chi connectivity index (χ0v) is 17.2. The highest BCUT2D eigenvalue weighted by Crippen LogP contribution is 2.43. The van der Waals surface area contributed by atoms with Crippen molar-refractivity contribution < 1.29 is 14.5 Å². The van der Waals surface area contributed by atoms with Crippen LogP contribution in [0, 0.1) is 39.7 Å². The summed E-state index contributed by atoms with van der Waals surface area (Å²) in [6.45, 7) is 1.79. The lowest BCUT2D eigenvalue weighted by Gasteiger charge is -2.13. The second-order valence-corrected chi connectivity index (χ2v) is 7.17. The molecule has 1 amide bonds. The van der Waals surface area contributed by atoms with Gasteiger partial charge in [0.1, 0.15) is 11.4 Å². The molecule has 0 saturated carbocycles. The van der Waals surface area contributed by atoms with Crippen LogP contribution in [0.2, 0.25) is 0 Å². The first-order chi connectivity index (χ1) is 15.9. The van der Waals surface area contributed by atoms with E-state index >= 15 is 0 Å². The lowest BCUT2D eigenvalue weighted by Crippen LogP contribution is -2.11. The van der Waals surface area contributed by atoms with Crippen molar-refractivity contribution in [2.24, 2.45) is 0 Å². The van der Waals surface area contributed by atoms with Crippen LogP contribution in [0.1, 0.15) is 27.0 Å². The van der Waals surface area contributed by atoms with Gasteiger partial charge in [0.05, 0.1) is 33.9 Å². The van der Waals surface area contributed by atoms with Crippen molar-refractivity contribution in [1.82, 2.24) is 0 Å². The lowest BCUT2D eigenvalue weighted by atomic mass is 10.1. The Balaban J connectivity index is 1.79. The normalized spacial score (nSPS) is 11.8. The van der Waals surface area contributed by atoms with Crippen molar-refractivity contribution in [3.8, 4) is 23.6 Å². The monoisotopic (exact) mass is 437 g/mol. The molecule has 0 aliphatic carbocycles. The highest BCUT2D eigenvalue weighted by molar-refractivity contribution is 6.09. The van der Waals surface area contributed by atoms with Gasteiger partial charge in [-0.15, -0.1) is 0 Å². The van der Waals surface area contributed by atoms with Crippen LogP contribution in [-0.4, -0.2) is 10.8 Å². The molecule has 160 valence electrons. The fraction of sp³-hybridized carbons (Fsp3) is 0.0417. The van der Waals surface area contributed by atoms with E-state index in [-0.39, 0.29) is 22.7 Å². The molecule has 3 aromatic rings. The summed E-state index contributed by atoms with van der Waals surface area (Å²) in [7, 11) is 0. The van der Waals surface area contributed by atoms with E-state index in [9.17, 15) is 14.9 Å². The zero-order valence-electron chi connectivity index (χ0n) is 17.2. The Labute approximate surface area is 188 Å². The molecule has 2 N–H and O–H groups in total. The first-order valence-corrected chi connectivity index (χ1v) is 9.69. The minimum absolute atomic E-state index is 0.0109. The van der Waals surface area contributed by atoms with Gasteiger partial charge < -0.3 is 15.4 Å². The number of hydrogen-bond donors (Lipinski definition) is 2.